The molecule has 0 aliphatic heterocycles. The second-order valence-electron chi connectivity index (χ2n) is 6.15. The number of rotatable bonds is 2. The monoisotopic (exact) mass is 197 g/mol. The number of nitrogens with one attached hydrogen (secondary N) is 1. The lowest BCUT2D eigenvalue weighted by atomic mass is 9.71. The highest BCUT2D eigenvalue weighted by molar-refractivity contribution is 4.87. The van der Waals surface area contributed by atoms with E-state index in [0.29, 0.717) is 11.5 Å². The van der Waals surface area contributed by atoms with Crippen LogP contribution in [0.2, 0.25) is 0 Å². The van der Waals surface area contributed by atoms with Crippen molar-refractivity contribution >= 4 is 0 Å². The quantitative estimate of drug-likeness (QED) is 0.715. The molecule has 1 atom stereocenters. The zero-order valence-corrected chi connectivity index (χ0v) is 10.6. The van der Waals surface area contributed by atoms with Crippen molar-refractivity contribution < 1.29 is 0 Å². The molecule has 0 spiro atoms. The summed E-state index contributed by atoms with van der Waals surface area (Å²) in [5, 5.41) is 3.53. The first-order valence-electron chi connectivity index (χ1n) is 6.12. The summed E-state index contributed by atoms with van der Waals surface area (Å²) in [4.78, 5) is 0. The highest BCUT2D eigenvalue weighted by Gasteiger charge is 2.32. The molecular formula is C13H27N. The summed E-state index contributed by atoms with van der Waals surface area (Å²) in [5.41, 5.74) is 0.403. The van der Waals surface area contributed by atoms with Crippen molar-refractivity contribution in [3.63, 3.8) is 0 Å². The molecule has 1 rings (SSSR count). The summed E-state index contributed by atoms with van der Waals surface area (Å²) >= 11 is 0. The lowest BCUT2D eigenvalue weighted by Gasteiger charge is -2.40. The molecule has 1 aliphatic rings. The van der Waals surface area contributed by atoms with E-state index in [9.17, 15) is 0 Å². The third-order valence-electron chi connectivity index (χ3n) is 3.78. The standard InChI is InChI=1S/C13H27N/c1-10-6-8-11(9-7-10)12(14-5)13(2,3)4/h10-12,14H,6-9H2,1-5H3. The molecule has 1 saturated carbocycles. The fraction of sp³-hybridized carbons (Fsp3) is 1.00. The van der Waals surface area contributed by atoms with E-state index in [-0.39, 0.29) is 0 Å². The maximum atomic E-state index is 3.53. The van der Waals surface area contributed by atoms with Crippen LogP contribution >= 0.6 is 0 Å². The van der Waals surface area contributed by atoms with E-state index in [2.05, 4.69) is 40.1 Å². The summed E-state index contributed by atoms with van der Waals surface area (Å²) in [6.45, 7) is 9.45. The summed E-state index contributed by atoms with van der Waals surface area (Å²) in [7, 11) is 2.12. The molecule has 1 fully saturated rings. The first-order chi connectivity index (χ1) is 6.45. The van der Waals surface area contributed by atoms with Crippen LogP contribution in [0.5, 0.6) is 0 Å². The molecule has 0 heterocycles. The van der Waals surface area contributed by atoms with E-state index in [1.165, 1.54) is 25.7 Å². The van der Waals surface area contributed by atoms with Gasteiger partial charge in [0.25, 0.3) is 0 Å². The molecule has 1 heteroatoms. The zero-order valence-electron chi connectivity index (χ0n) is 10.6. The van der Waals surface area contributed by atoms with Crippen molar-refractivity contribution in [1.29, 1.82) is 0 Å². The molecule has 1 N–H and O–H groups in total. The predicted octanol–water partition coefficient (Wildman–Crippen LogP) is 3.45. The van der Waals surface area contributed by atoms with Crippen LogP contribution < -0.4 is 5.32 Å². The van der Waals surface area contributed by atoms with Crippen LogP contribution in [0, 0.1) is 17.3 Å². The Balaban J connectivity index is 2.54. The van der Waals surface area contributed by atoms with Gasteiger partial charge in [0.15, 0.2) is 0 Å². The Morgan fingerprint density at radius 2 is 1.57 bits per heavy atom. The first kappa shape index (κ1) is 12.0. The zero-order chi connectivity index (χ0) is 10.8. The van der Waals surface area contributed by atoms with Crippen LogP contribution in [-0.4, -0.2) is 13.1 Å². The van der Waals surface area contributed by atoms with Gasteiger partial charge in [-0.1, -0.05) is 40.5 Å². The molecule has 0 aromatic carbocycles. The topological polar surface area (TPSA) is 12.0 Å². The molecule has 1 unspecified atom stereocenters. The van der Waals surface area contributed by atoms with Crippen molar-refractivity contribution in [3.05, 3.63) is 0 Å². The summed E-state index contributed by atoms with van der Waals surface area (Å²) in [6.07, 6.45) is 5.70. The maximum Gasteiger partial charge on any atom is 0.0141 e. The smallest absolute Gasteiger partial charge is 0.0141 e. The lowest BCUT2D eigenvalue weighted by molar-refractivity contribution is 0.149. The van der Waals surface area contributed by atoms with Gasteiger partial charge < -0.3 is 5.32 Å². The van der Waals surface area contributed by atoms with E-state index in [0.717, 1.165) is 11.8 Å². The summed E-state index contributed by atoms with van der Waals surface area (Å²) in [5.74, 6) is 1.86. The largest absolute Gasteiger partial charge is 0.316 e. The van der Waals surface area contributed by atoms with Gasteiger partial charge in [-0.05, 0) is 37.1 Å². The van der Waals surface area contributed by atoms with Gasteiger partial charge in [0.05, 0.1) is 0 Å². The summed E-state index contributed by atoms with van der Waals surface area (Å²) < 4.78 is 0. The molecule has 84 valence electrons. The molecule has 0 aromatic rings. The Hall–Kier alpha value is -0.0400. The van der Waals surface area contributed by atoms with E-state index in [4.69, 9.17) is 0 Å². The Morgan fingerprint density at radius 1 is 1.07 bits per heavy atom. The average molecular weight is 197 g/mol. The third kappa shape index (κ3) is 2.98. The van der Waals surface area contributed by atoms with E-state index >= 15 is 0 Å². The molecule has 14 heavy (non-hydrogen) atoms. The molecule has 0 radical (unpaired) electrons. The third-order valence-corrected chi connectivity index (χ3v) is 3.78. The van der Waals surface area contributed by atoms with Crippen LogP contribution in [0.25, 0.3) is 0 Å². The van der Waals surface area contributed by atoms with Gasteiger partial charge in [-0.15, -0.1) is 0 Å². The molecular weight excluding hydrogens is 170 g/mol. The van der Waals surface area contributed by atoms with Gasteiger partial charge in [-0.3, -0.25) is 0 Å². The molecule has 0 bridgehead atoms. The van der Waals surface area contributed by atoms with Crippen molar-refractivity contribution in [3.8, 4) is 0 Å². The Kier molecular flexibility index (Phi) is 4.00. The van der Waals surface area contributed by atoms with E-state index in [1.54, 1.807) is 0 Å². The Bertz CT molecular complexity index is 161. The SMILES string of the molecule is CNC(C1CCC(C)CC1)C(C)(C)C. The fourth-order valence-electron chi connectivity index (χ4n) is 3.00. The van der Waals surface area contributed by atoms with Gasteiger partial charge in [0, 0.05) is 6.04 Å². The fourth-order valence-corrected chi connectivity index (χ4v) is 3.00. The van der Waals surface area contributed by atoms with Crippen molar-refractivity contribution in [2.75, 3.05) is 7.05 Å². The second-order valence-corrected chi connectivity index (χ2v) is 6.15. The Labute approximate surface area is 89.7 Å². The van der Waals surface area contributed by atoms with E-state index in [1.807, 2.05) is 0 Å². The van der Waals surface area contributed by atoms with E-state index < -0.39 is 0 Å². The van der Waals surface area contributed by atoms with Gasteiger partial charge in [-0.25, -0.2) is 0 Å². The molecule has 0 aromatic heterocycles. The molecule has 1 nitrogen and oxygen atoms in total. The Morgan fingerprint density at radius 3 is 1.93 bits per heavy atom. The molecule has 0 saturated heterocycles. The van der Waals surface area contributed by atoms with Crippen molar-refractivity contribution in [1.82, 2.24) is 5.32 Å². The first-order valence-corrected chi connectivity index (χ1v) is 6.12. The van der Waals surface area contributed by atoms with Crippen molar-refractivity contribution in [2.24, 2.45) is 17.3 Å². The van der Waals surface area contributed by atoms with Gasteiger partial charge in [0.1, 0.15) is 0 Å². The number of hydrogen-bond acceptors (Lipinski definition) is 1. The van der Waals surface area contributed by atoms with Gasteiger partial charge in [0.2, 0.25) is 0 Å². The minimum absolute atomic E-state index is 0.403. The van der Waals surface area contributed by atoms with Crippen LogP contribution in [0.4, 0.5) is 0 Å². The highest BCUT2D eigenvalue weighted by Crippen LogP contribution is 2.36. The van der Waals surface area contributed by atoms with Gasteiger partial charge >= 0.3 is 0 Å². The predicted molar refractivity (Wildman–Crippen MR) is 63.4 cm³/mol. The second kappa shape index (κ2) is 4.65. The van der Waals surface area contributed by atoms with Crippen LogP contribution in [-0.2, 0) is 0 Å². The van der Waals surface area contributed by atoms with Crippen LogP contribution in [0.3, 0.4) is 0 Å². The van der Waals surface area contributed by atoms with Gasteiger partial charge in [-0.2, -0.15) is 0 Å². The average Bonchev–Trinajstić information content (AvgIpc) is 2.07. The van der Waals surface area contributed by atoms with Crippen LogP contribution in [0.15, 0.2) is 0 Å². The number of hydrogen-bond donors (Lipinski definition) is 1. The molecule has 0 amide bonds. The lowest BCUT2D eigenvalue weighted by Crippen LogP contribution is -2.45. The maximum absolute atomic E-state index is 3.53. The highest BCUT2D eigenvalue weighted by atomic mass is 14.9. The van der Waals surface area contributed by atoms with Crippen molar-refractivity contribution in [2.45, 2.75) is 59.4 Å². The minimum Gasteiger partial charge on any atom is -0.316 e. The minimum atomic E-state index is 0.403. The normalized spacial score (nSPS) is 31.5. The summed E-state index contributed by atoms with van der Waals surface area (Å²) in [6, 6.07) is 0.690. The molecule has 1 aliphatic carbocycles. The van der Waals surface area contributed by atoms with Crippen LogP contribution in [0.1, 0.15) is 53.4 Å².